The van der Waals surface area contributed by atoms with Crippen molar-refractivity contribution in [3.63, 3.8) is 0 Å². The van der Waals surface area contributed by atoms with E-state index in [0.29, 0.717) is 21.8 Å². The fourth-order valence-electron chi connectivity index (χ4n) is 7.81. The fourth-order valence-corrected chi connectivity index (χ4v) is 7.99. The molecule has 2 heterocycles. The third kappa shape index (κ3) is 3.44. The lowest BCUT2D eigenvalue weighted by Gasteiger charge is -2.50. The van der Waals surface area contributed by atoms with Crippen molar-refractivity contribution in [1.29, 1.82) is 0 Å². The Balaban J connectivity index is 1.52. The molecule has 3 fully saturated rings. The van der Waals surface area contributed by atoms with E-state index in [4.69, 9.17) is 11.6 Å². The lowest BCUT2D eigenvalue weighted by atomic mass is 9.49. The number of allylic oxidation sites excluding steroid dienone is 2. The molecular formula is C32H25ClN2O6. The molecule has 0 radical (unpaired) electrons. The van der Waals surface area contributed by atoms with Crippen molar-refractivity contribution in [2.24, 2.45) is 23.7 Å². The van der Waals surface area contributed by atoms with Gasteiger partial charge in [0.15, 0.2) is 0 Å². The molecule has 0 aromatic heterocycles. The number of halogens is 1. The Labute approximate surface area is 240 Å². The first-order chi connectivity index (χ1) is 19.7. The van der Waals surface area contributed by atoms with Gasteiger partial charge in [-0.2, -0.15) is 5.06 Å². The molecule has 3 aromatic rings. The number of aromatic hydroxyl groups is 1. The minimum Gasteiger partial charge on any atom is -0.508 e. The van der Waals surface area contributed by atoms with Crippen LogP contribution in [0, 0.1) is 23.7 Å². The lowest BCUT2D eigenvalue weighted by Crippen LogP contribution is -2.53. The quantitative estimate of drug-likeness (QED) is 0.271. The summed E-state index contributed by atoms with van der Waals surface area (Å²) in [5, 5.41) is 21.4. The molecule has 0 unspecified atom stereocenters. The normalized spacial score (nSPS) is 30.7. The Morgan fingerprint density at radius 1 is 0.829 bits per heavy atom. The molecule has 0 bridgehead atoms. The van der Waals surface area contributed by atoms with Crippen LogP contribution < -0.4 is 4.90 Å². The van der Waals surface area contributed by atoms with Gasteiger partial charge in [-0.25, -0.2) is 4.90 Å². The molecule has 2 aliphatic carbocycles. The summed E-state index contributed by atoms with van der Waals surface area (Å²) < 4.78 is 0. The van der Waals surface area contributed by atoms with Crippen LogP contribution in [-0.4, -0.2) is 39.0 Å². The summed E-state index contributed by atoms with van der Waals surface area (Å²) in [6.07, 6.45) is 2.24. The number of hydrogen-bond donors (Lipinski definition) is 2. The molecule has 4 amide bonds. The number of fused-ring (bicyclic) bond motifs is 4. The summed E-state index contributed by atoms with van der Waals surface area (Å²) in [4.78, 5) is 56.6. The molecule has 2 saturated heterocycles. The Hall–Kier alpha value is -4.27. The van der Waals surface area contributed by atoms with E-state index in [2.05, 4.69) is 0 Å². The van der Waals surface area contributed by atoms with E-state index >= 15 is 0 Å². The summed E-state index contributed by atoms with van der Waals surface area (Å²) in [5.74, 6) is -6.02. The molecule has 0 spiro atoms. The van der Waals surface area contributed by atoms with Crippen molar-refractivity contribution in [3.05, 3.63) is 107 Å². The number of carbonyl (C=O) groups excluding carboxylic acids is 4. The van der Waals surface area contributed by atoms with E-state index in [0.717, 1.165) is 5.57 Å². The number of rotatable bonds is 3. The van der Waals surface area contributed by atoms with Gasteiger partial charge in [0.05, 0.1) is 28.9 Å². The van der Waals surface area contributed by atoms with Gasteiger partial charge in [0.2, 0.25) is 11.8 Å². The lowest BCUT2D eigenvalue weighted by molar-refractivity contribution is -0.173. The predicted octanol–water partition coefficient (Wildman–Crippen LogP) is 4.60. The smallest absolute Gasteiger partial charge is 0.257 e. The van der Waals surface area contributed by atoms with Gasteiger partial charge in [0.1, 0.15) is 5.75 Å². The van der Waals surface area contributed by atoms with Crippen molar-refractivity contribution < 1.29 is 29.5 Å². The van der Waals surface area contributed by atoms with Crippen LogP contribution in [0.15, 0.2) is 90.5 Å². The second-order valence-electron chi connectivity index (χ2n) is 11.2. The second-order valence-corrected chi connectivity index (χ2v) is 11.6. The number of hydroxylamine groups is 2. The Bertz CT molecular complexity index is 1670. The summed E-state index contributed by atoms with van der Waals surface area (Å²) in [5.41, 5.74) is 0.937. The van der Waals surface area contributed by atoms with Gasteiger partial charge in [-0.15, -0.1) is 0 Å². The molecule has 9 heteroatoms. The van der Waals surface area contributed by atoms with Crippen LogP contribution in [0.2, 0.25) is 5.02 Å². The number of anilines is 1. The third-order valence-electron chi connectivity index (χ3n) is 9.35. The van der Waals surface area contributed by atoms with Gasteiger partial charge in [-0.05, 0) is 60.2 Å². The summed E-state index contributed by atoms with van der Waals surface area (Å²) >= 11 is 6.29. The summed E-state index contributed by atoms with van der Waals surface area (Å²) in [7, 11) is 0. The van der Waals surface area contributed by atoms with Gasteiger partial charge < -0.3 is 5.11 Å². The van der Waals surface area contributed by atoms with Crippen LogP contribution in [-0.2, 0) is 24.6 Å². The summed E-state index contributed by atoms with van der Waals surface area (Å²) in [6.45, 7) is 0. The van der Waals surface area contributed by atoms with E-state index in [-0.39, 0.29) is 23.7 Å². The average molecular weight is 569 g/mol. The molecule has 7 rings (SSSR count). The van der Waals surface area contributed by atoms with Gasteiger partial charge in [-0.1, -0.05) is 71.8 Å². The second kappa shape index (κ2) is 9.12. The molecular weight excluding hydrogens is 544 g/mol. The topological polar surface area (TPSA) is 115 Å². The number of nitrogens with zero attached hydrogens (tertiary/aromatic N) is 2. The molecule has 3 aromatic carbocycles. The first-order valence-corrected chi connectivity index (χ1v) is 13.9. The van der Waals surface area contributed by atoms with Gasteiger partial charge in [0, 0.05) is 10.9 Å². The SMILES string of the molecule is O=C1[C@H]2[C@H](CC=C3[C@H]2C[C@H]2C(=O)N(c4cccc(Cl)c4)C(=O)[C@@]2(c2ccccc2)[C@H]3c2cccc(O)c2)C(=O)N1O. The molecule has 8 nitrogen and oxygen atoms in total. The maximum Gasteiger partial charge on any atom is 0.257 e. The van der Waals surface area contributed by atoms with Gasteiger partial charge in [-0.3, -0.25) is 24.4 Å². The van der Waals surface area contributed by atoms with Crippen LogP contribution in [0.25, 0.3) is 0 Å². The highest BCUT2D eigenvalue weighted by molar-refractivity contribution is 6.32. The van der Waals surface area contributed by atoms with Crippen LogP contribution in [0.3, 0.4) is 0 Å². The molecule has 2 aliphatic heterocycles. The zero-order chi connectivity index (χ0) is 28.6. The molecule has 1 saturated carbocycles. The standard InChI is InChI=1S/C32H25ClN2O6/c33-19-9-5-10-20(15-19)34-29(38)25-16-24-22(12-13-23-26(24)30(39)35(41)28(23)37)27(17-6-4-11-21(36)14-17)32(25,31(34)40)18-7-2-1-3-8-18/h1-12,14-15,23-27,36,41H,13,16H2/t23-,24+,25-,26-,27-,32+/m0/s1. The highest BCUT2D eigenvalue weighted by Gasteiger charge is 2.70. The first-order valence-electron chi connectivity index (χ1n) is 13.5. The maximum absolute atomic E-state index is 14.9. The van der Waals surface area contributed by atoms with Crippen LogP contribution >= 0.6 is 11.6 Å². The van der Waals surface area contributed by atoms with Crippen molar-refractivity contribution in [3.8, 4) is 5.75 Å². The number of amides is 4. The zero-order valence-corrected chi connectivity index (χ0v) is 22.4. The largest absolute Gasteiger partial charge is 0.508 e. The van der Waals surface area contributed by atoms with Crippen molar-refractivity contribution >= 4 is 40.9 Å². The highest BCUT2D eigenvalue weighted by atomic mass is 35.5. The van der Waals surface area contributed by atoms with Gasteiger partial charge in [0.25, 0.3) is 11.8 Å². The number of benzene rings is 3. The Morgan fingerprint density at radius 3 is 2.32 bits per heavy atom. The van der Waals surface area contributed by atoms with Crippen LogP contribution in [0.1, 0.15) is 29.9 Å². The molecule has 6 atom stereocenters. The number of imide groups is 2. The average Bonchev–Trinajstić information content (AvgIpc) is 3.34. The van der Waals surface area contributed by atoms with E-state index in [1.807, 2.05) is 36.4 Å². The fraction of sp³-hybridized carbons (Fsp3) is 0.250. The highest BCUT2D eigenvalue weighted by Crippen LogP contribution is 2.64. The molecule has 41 heavy (non-hydrogen) atoms. The monoisotopic (exact) mass is 568 g/mol. The Morgan fingerprint density at radius 2 is 1.59 bits per heavy atom. The number of hydrogen-bond acceptors (Lipinski definition) is 6. The number of phenols is 1. The van der Waals surface area contributed by atoms with Crippen molar-refractivity contribution in [2.75, 3.05) is 4.90 Å². The minimum atomic E-state index is -1.41. The maximum atomic E-state index is 14.9. The predicted molar refractivity (Wildman–Crippen MR) is 148 cm³/mol. The van der Waals surface area contributed by atoms with Gasteiger partial charge >= 0.3 is 0 Å². The van der Waals surface area contributed by atoms with E-state index in [1.54, 1.807) is 42.5 Å². The number of carbonyl (C=O) groups is 4. The first kappa shape index (κ1) is 25.7. The van der Waals surface area contributed by atoms with Crippen molar-refractivity contribution in [2.45, 2.75) is 24.2 Å². The third-order valence-corrected chi connectivity index (χ3v) is 9.58. The zero-order valence-electron chi connectivity index (χ0n) is 21.7. The van der Waals surface area contributed by atoms with Crippen LogP contribution in [0.4, 0.5) is 5.69 Å². The number of phenolic OH excluding ortho intramolecular Hbond substituents is 1. The van der Waals surface area contributed by atoms with Crippen LogP contribution in [0.5, 0.6) is 5.75 Å². The summed E-state index contributed by atoms with van der Waals surface area (Å²) in [6, 6.07) is 22.3. The molecule has 2 N–H and O–H groups in total. The minimum absolute atomic E-state index is 0.00389. The molecule has 206 valence electrons. The Kier molecular flexibility index (Phi) is 5.71. The van der Waals surface area contributed by atoms with Crippen molar-refractivity contribution in [1.82, 2.24) is 5.06 Å². The van der Waals surface area contributed by atoms with E-state index in [1.165, 1.54) is 11.0 Å². The van der Waals surface area contributed by atoms with E-state index < -0.39 is 58.6 Å². The molecule has 4 aliphatic rings. The van der Waals surface area contributed by atoms with E-state index in [9.17, 15) is 29.5 Å².